The summed E-state index contributed by atoms with van der Waals surface area (Å²) in [4.78, 5) is 10.3. The molecule has 0 aliphatic rings. The van der Waals surface area contributed by atoms with Crippen molar-refractivity contribution in [1.82, 2.24) is 5.43 Å². The number of hydrogen-bond donors (Lipinski definition) is 2. The lowest BCUT2D eigenvalue weighted by Crippen LogP contribution is -2.24. The third kappa shape index (κ3) is 4.02. The standard InChI is InChI=1S/C10H9BrF3N3O/c11-4-7-2-1-6(5-16-17-9(15)18)3-8(7)10(12,13)14/h1-3,5H,4H2,(H3,15,17,18). The number of hydrazone groups is 1. The number of nitrogens with two attached hydrogens (primary N) is 1. The first-order chi connectivity index (χ1) is 8.34. The number of urea groups is 1. The summed E-state index contributed by atoms with van der Waals surface area (Å²) in [5.41, 5.74) is 6.24. The third-order valence-corrected chi connectivity index (χ3v) is 2.58. The monoisotopic (exact) mass is 323 g/mol. The highest BCUT2D eigenvalue weighted by atomic mass is 79.9. The number of amides is 2. The highest BCUT2D eigenvalue weighted by Gasteiger charge is 2.33. The summed E-state index contributed by atoms with van der Waals surface area (Å²) < 4.78 is 38.1. The topological polar surface area (TPSA) is 67.5 Å². The Kier molecular flexibility index (Phi) is 4.71. The molecule has 18 heavy (non-hydrogen) atoms. The summed E-state index contributed by atoms with van der Waals surface area (Å²) in [6, 6.07) is 2.85. The molecule has 8 heteroatoms. The fourth-order valence-corrected chi connectivity index (χ4v) is 1.71. The molecule has 0 bridgehead atoms. The molecule has 1 rings (SSSR count). The first-order valence-electron chi connectivity index (χ1n) is 4.69. The van der Waals surface area contributed by atoms with Gasteiger partial charge in [-0.05, 0) is 17.2 Å². The van der Waals surface area contributed by atoms with Gasteiger partial charge in [-0.1, -0.05) is 28.1 Å². The van der Waals surface area contributed by atoms with Crippen molar-refractivity contribution < 1.29 is 18.0 Å². The van der Waals surface area contributed by atoms with E-state index in [1.54, 1.807) is 0 Å². The lowest BCUT2D eigenvalue weighted by atomic mass is 10.1. The Morgan fingerprint density at radius 3 is 2.67 bits per heavy atom. The molecule has 0 radical (unpaired) electrons. The van der Waals surface area contributed by atoms with E-state index in [1.807, 2.05) is 5.43 Å². The zero-order valence-corrected chi connectivity index (χ0v) is 10.5. The number of alkyl halides is 4. The molecule has 98 valence electrons. The Balaban J connectivity index is 3.03. The van der Waals surface area contributed by atoms with Crippen molar-refractivity contribution in [3.05, 3.63) is 34.9 Å². The van der Waals surface area contributed by atoms with Crippen molar-refractivity contribution in [2.45, 2.75) is 11.5 Å². The quantitative estimate of drug-likeness (QED) is 0.501. The summed E-state index contributed by atoms with van der Waals surface area (Å²) in [7, 11) is 0. The van der Waals surface area contributed by atoms with E-state index in [-0.39, 0.29) is 16.5 Å². The van der Waals surface area contributed by atoms with Crippen molar-refractivity contribution in [1.29, 1.82) is 0 Å². The number of nitrogens with zero attached hydrogens (tertiary/aromatic N) is 1. The van der Waals surface area contributed by atoms with Crippen LogP contribution in [-0.4, -0.2) is 12.2 Å². The molecule has 0 unspecified atom stereocenters. The molecular weight excluding hydrogens is 315 g/mol. The van der Waals surface area contributed by atoms with Crippen LogP contribution in [0.15, 0.2) is 23.3 Å². The van der Waals surface area contributed by atoms with Gasteiger partial charge in [-0.15, -0.1) is 0 Å². The number of halogens is 4. The van der Waals surface area contributed by atoms with Gasteiger partial charge in [0.25, 0.3) is 0 Å². The molecule has 1 aromatic rings. The molecule has 2 amide bonds. The fourth-order valence-electron chi connectivity index (χ4n) is 1.23. The van der Waals surface area contributed by atoms with Crippen LogP contribution in [-0.2, 0) is 11.5 Å². The van der Waals surface area contributed by atoms with E-state index >= 15 is 0 Å². The number of primary amides is 1. The molecule has 0 aliphatic carbocycles. The summed E-state index contributed by atoms with van der Waals surface area (Å²) in [6.45, 7) is 0. The smallest absolute Gasteiger partial charge is 0.350 e. The zero-order chi connectivity index (χ0) is 13.8. The maximum Gasteiger partial charge on any atom is 0.416 e. The lowest BCUT2D eigenvalue weighted by molar-refractivity contribution is -0.138. The fraction of sp³-hybridized carbons (Fsp3) is 0.200. The van der Waals surface area contributed by atoms with E-state index in [0.29, 0.717) is 0 Å². The third-order valence-electron chi connectivity index (χ3n) is 1.97. The van der Waals surface area contributed by atoms with Gasteiger partial charge >= 0.3 is 12.2 Å². The van der Waals surface area contributed by atoms with Crippen LogP contribution in [0.2, 0.25) is 0 Å². The van der Waals surface area contributed by atoms with Crippen LogP contribution >= 0.6 is 15.9 Å². The van der Waals surface area contributed by atoms with Gasteiger partial charge in [0.2, 0.25) is 0 Å². The van der Waals surface area contributed by atoms with Gasteiger partial charge in [0, 0.05) is 5.33 Å². The van der Waals surface area contributed by atoms with Gasteiger partial charge in [0.15, 0.2) is 0 Å². The van der Waals surface area contributed by atoms with Crippen LogP contribution in [0.1, 0.15) is 16.7 Å². The van der Waals surface area contributed by atoms with Gasteiger partial charge in [0.1, 0.15) is 0 Å². The first-order valence-corrected chi connectivity index (χ1v) is 5.81. The molecule has 0 aliphatic heterocycles. The Morgan fingerprint density at radius 1 is 1.50 bits per heavy atom. The highest BCUT2D eigenvalue weighted by molar-refractivity contribution is 9.08. The minimum atomic E-state index is -4.44. The van der Waals surface area contributed by atoms with Crippen molar-refractivity contribution in [2.24, 2.45) is 10.8 Å². The first kappa shape index (κ1) is 14.5. The molecular formula is C10H9BrF3N3O. The van der Waals surface area contributed by atoms with E-state index in [4.69, 9.17) is 5.73 Å². The van der Waals surface area contributed by atoms with Crippen LogP contribution in [0.4, 0.5) is 18.0 Å². The molecule has 1 aromatic carbocycles. The van der Waals surface area contributed by atoms with Gasteiger partial charge in [0.05, 0.1) is 11.8 Å². The van der Waals surface area contributed by atoms with Crippen LogP contribution in [0.5, 0.6) is 0 Å². The average molecular weight is 324 g/mol. The molecule has 0 atom stereocenters. The number of rotatable bonds is 3. The molecule has 0 aromatic heterocycles. The minimum absolute atomic E-state index is 0.0960. The molecule has 0 saturated carbocycles. The predicted molar refractivity (Wildman–Crippen MR) is 64.4 cm³/mol. The second-order valence-electron chi connectivity index (χ2n) is 3.28. The number of carbonyl (C=O) groups excluding carboxylic acids is 1. The van der Waals surface area contributed by atoms with Gasteiger partial charge < -0.3 is 5.73 Å². The van der Waals surface area contributed by atoms with E-state index in [2.05, 4.69) is 21.0 Å². The largest absolute Gasteiger partial charge is 0.416 e. The molecule has 4 nitrogen and oxygen atoms in total. The predicted octanol–water partition coefficient (Wildman–Crippen LogP) is 2.60. The number of benzene rings is 1. The molecule has 3 N–H and O–H groups in total. The highest BCUT2D eigenvalue weighted by Crippen LogP contribution is 2.33. The minimum Gasteiger partial charge on any atom is -0.350 e. The Hall–Kier alpha value is -1.57. The summed E-state index contributed by atoms with van der Waals surface area (Å²) in [6.07, 6.45) is -3.36. The maximum atomic E-state index is 12.7. The van der Waals surface area contributed by atoms with Crippen LogP contribution in [0.3, 0.4) is 0 Å². The molecule has 0 spiro atoms. The number of hydrogen-bond acceptors (Lipinski definition) is 2. The van der Waals surface area contributed by atoms with Gasteiger partial charge in [-0.2, -0.15) is 18.3 Å². The van der Waals surface area contributed by atoms with Gasteiger partial charge in [-0.3, -0.25) is 0 Å². The van der Waals surface area contributed by atoms with E-state index < -0.39 is 17.8 Å². The van der Waals surface area contributed by atoms with Crippen molar-refractivity contribution in [3.63, 3.8) is 0 Å². The van der Waals surface area contributed by atoms with Crippen molar-refractivity contribution in [2.75, 3.05) is 0 Å². The molecule has 0 saturated heterocycles. The van der Waals surface area contributed by atoms with E-state index in [1.165, 1.54) is 12.1 Å². The van der Waals surface area contributed by atoms with Crippen LogP contribution in [0, 0.1) is 0 Å². The molecule has 0 fully saturated rings. The summed E-state index contributed by atoms with van der Waals surface area (Å²) in [5.74, 6) is 0. The normalized spacial score (nSPS) is 11.8. The van der Waals surface area contributed by atoms with E-state index in [0.717, 1.165) is 12.3 Å². The van der Waals surface area contributed by atoms with Crippen LogP contribution in [0.25, 0.3) is 0 Å². The maximum absolute atomic E-state index is 12.7. The number of carbonyl (C=O) groups is 1. The second-order valence-corrected chi connectivity index (χ2v) is 3.84. The van der Waals surface area contributed by atoms with Crippen molar-refractivity contribution in [3.8, 4) is 0 Å². The second kappa shape index (κ2) is 5.85. The molecule has 0 heterocycles. The Morgan fingerprint density at radius 2 is 2.17 bits per heavy atom. The zero-order valence-electron chi connectivity index (χ0n) is 8.96. The SMILES string of the molecule is NC(=O)NN=Cc1ccc(CBr)c(C(F)(F)F)c1. The van der Waals surface area contributed by atoms with E-state index in [9.17, 15) is 18.0 Å². The Bertz CT molecular complexity index is 474. The summed E-state index contributed by atoms with van der Waals surface area (Å²) >= 11 is 2.99. The van der Waals surface area contributed by atoms with Crippen LogP contribution < -0.4 is 11.2 Å². The van der Waals surface area contributed by atoms with Gasteiger partial charge in [-0.25, -0.2) is 10.2 Å². The number of nitrogens with one attached hydrogen (secondary N) is 1. The Labute approximate surface area is 109 Å². The average Bonchev–Trinajstić information content (AvgIpc) is 2.27. The lowest BCUT2D eigenvalue weighted by Gasteiger charge is -2.11. The summed E-state index contributed by atoms with van der Waals surface area (Å²) in [5, 5.41) is 3.49. The van der Waals surface area contributed by atoms with Crippen molar-refractivity contribution >= 4 is 28.2 Å².